The first kappa shape index (κ1) is 15.9. The fourth-order valence-electron chi connectivity index (χ4n) is 6.20. The molecule has 1 saturated heterocycles. The van der Waals surface area contributed by atoms with Crippen LogP contribution in [-0.2, 0) is 11.3 Å². The van der Waals surface area contributed by atoms with E-state index in [0.29, 0.717) is 11.9 Å². The van der Waals surface area contributed by atoms with Crippen molar-refractivity contribution in [1.82, 2.24) is 10.0 Å². The maximum Gasteiger partial charge on any atom is 0.258 e. The van der Waals surface area contributed by atoms with Crippen LogP contribution in [0.25, 0.3) is 0 Å². The molecule has 1 aromatic carbocycles. The smallest absolute Gasteiger partial charge is 0.258 e. The van der Waals surface area contributed by atoms with Crippen LogP contribution in [0.5, 0.6) is 0 Å². The van der Waals surface area contributed by atoms with Crippen LogP contribution >= 0.6 is 0 Å². The lowest BCUT2D eigenvalue weighted by atomic mass is 9.64. The maximum atomic E-state index is 13.0. The van der Waals surface area contributed by atoms with Gasteiger partial charge >= 0.3 is 0 Å². The fraction of sp³-hybridized carbons (Fsp3) is 0.667. The molecule has 132 valence electrons. The second kappa shape index (κ2) is 5.36. The average Bonchev–Trinajstić information content (AvgIpc) is 2.82. The van der Waals surface area contributed by atoms with Gasteiger partial charge in [0.25, 0.3) is 5.91 Å². The number of hydrogen-bond donors (Lipinski definition) is 0. The quantitative estimate of drug-likeness (QED) is 0.790. The molecule has 1 aliphatic heterocycles. The number of hydrogen-bond acceptors (Lipinski definition) is 2. The second-order valence-electron chi connectivity index (χ2n) is 9.55. The lowest BCUT2D eigenvalue weighted by Gasteiger charge is -2.59. The molecule has 1 heterocycles. The maximum absolute atomic E-state index is 13.0. The first-order valence-electron chi connectivity index (χ1n) is 10.1. The zero-order valence-corrected chi connectivity index (χ0v) is 15.7. The number of hydrazine groups is 1. The van der Waals surface area contributed by atoms with E-state index in [1.165, 1.54) is 43.1 Å². The summed E-state index contributed by atoms with van der Waals surface area (Å²) < 4.78 is 0. The monoisotopic (exact) mass is 336 g/mol. The van der Waals surface area contributed by atoms with E-state index in [2.05, 4.69) is 56.0 Å². The van der Waals surface area contributed by atoms with Gasteiger partial charge < -0.3 is 0 Å². The molecular weight excluding hydrogens is 307 g/mol. The summed E-state index contributed by atoms with van der Waals surface area (Å²) in [6.45, 7) is 5.02. The van der Waals surface area contributed by atoms with Crippen LogP contribution in [0, 0.1) is 23.7 Å². The highest BCUT2D eigenvalue weighted by Gasteiger charge is 2.59. The molecule has 25 heavy (non-hydrogen) atoms. The van der Waals surface area contributed by atoms with Crippen molar-refractivity contribution in [3.63, 3.8) is 0 Å². The summed E-state index contributed by atoms with van der Waals surface area (Å²) in [7, 11) is 2.13. The van der Waals surface area contributed by atoms with Crippen molar-refractivity contribution in [3.8, 4) is 0 Å². The number of benzene rings is 1. The molecule has 0 N–H and O–H groups in total. The molecule has 0 radical (unpaired) electrons. The van der Waals surface area contributed by atoms with Gasteiger partial charge in [-0.2, -0.15) is 5.01 Å². The summed E-state index contributed by atoms with van der Waals surface area (Å²) in [5.74, 6) is 4.01. The van der Waals surface area contributed by atoms with Crippen molar-refractivity contribution in [2.45, 2.75) is 64.1 Å². The Morgan fingerprint density at radius 3 is 2.52 bits per heavy atom. The van der Waals surface area contributed by atoms with E-state index in [-0.39, 0.29) is 5.54 Å². The molecule has 3 aliphatic carbocycles. The van der Waals surface area contributed by atoms with Crippen molar-refractivity contribution in [3.05, 3.63) is 29.8 Å². The van der Waals surface area contributed by atoms with Crippen molar-refractivity contribution in [2.24, 2.45) is 23.7 Å². The predicted octanol–water partition coefficient (Wildman–Crippen LogP) is 2.11. The number of carbonyl (C=O) groups is 1. The van der Waals surface area contributed by atoms with Gasteiger partial charge in [-0.1, -0.05) is 29.7 Å². The van der Waals surface area contributed by atoms with Gasteiger partial charge in [0.1, 0.15) is 13.4 Å². The molecule has 5 atom stereocenters. The highest BCUT2D eigenvalue weighted by molar-refractivity contribution is 6.32. The van der Waals surface area contributed by atoms with Gasteiger partial charge in [0, 0.05) is 6.54 Å². The highest BCUT2D eigenvalue weighted by atomic mass is 16.2. The highest BCUT2D eigenvalue weighted by Crippen LogP contribution is 2.59. The Labute approximate surface area is 152 Å². The van der Waals surface area contributed by atoms with Crippen molar-refractivity contribution in [1.29, 1.82) is 0 Å². The van der Waals surface area contributed by atoms with E-state index in [0.717, 1.165) is 30.2 Å². The van der Waals surface area contributed by atoms with Crippen molar-refractivity contribution < 1.29 is 4.79 Å². The molecule has 4 fully saturated rings. The fourth-order valence-corrected chi connectivity index (χ4v) is 6.20. The van der Waals surface area contributed by atoms with Crippen molar-refractivity contribution >= 4 is 19.2 Å². The van der Waals surface area contributed by atoms with Gasteiger partial charge in [-0.15, -0.1) is 0 Å². The number of fused-ring (bicyclic) bond motifs is 1. The van der Waals surface area contributed by atoms with Crippen LogP contribution in [0.2, 0.25) is 0 Å². The summed E-state index contributed by atoms with van der Waals surface area (Å²) in [5, 5.41) is 4.53. The van der Waals surface area contributed by atoms with Gasteiger partial charge in [0.2, 0.25) is 0 Å². The summed E-state index contributed by atoms with van der Waals surface area (Å²) in [5.41, 5.74) is 2.23. The van der Waals surface area contributed by atoms with E-state index in [1.807, 2.05) is 0 Å². The summed E-state index contributed by atoms with van der Waals surface area (Å²) in [4.78, 5) is 13.0. The molecule has 3 nitrogen and oxygen atoms in total. The molecular formula is C21H29BN2O. The molecule has 1 aromatic rings. The standard InChI is InChI=1S/C21H29BN2O/c1-21(2)20(25)24(23(21)12-13-3-6-17(22)7-4-13)19-8-5-14-9-15-10-16(19)11-18(14)15/h3-4,6-7,14-16,18-19H,5,8-12,22H2,1-2H3. The molecule has 0 aromatic heterocycles. The first-order valence-corrected chi connectivity index (χ1v) is 10.1. The topological polar surface area (TPSA) is 23.6 Å². The Kier molecular flexibility index (Phi) is 3.41. The van der Waals surface area contributed by atoms with Gasteiger partial charge in [-0.25, -0.2) is 0 Å². The molecule has 3 saturated carbocycles. The minimum Gasteiger partial charge on any atom is -0.271 e. The minimum absolute atomic E-state index is 0.337. The summed E-state index contributed by atoms with van der Waals surface area (Å²) >= 11 is 0. The largest absolute Gasteiger partial charge is 0.271 e. The van der Waals surface area contributed by atoms with E-state index >= 15 is 0 Å². The lowest BCUT2D eigenvalue weighted by molar-refractivity contribution is -0.234. The molecule has 1 amide bonds. The van der Waals surface area contributed by atoms with Crippen LogP contribution in [-0.4, -0.2) is 35.4 Å². The zero-order valence-electron chi connectivity index (χ0n) is 15.7. The number of carbonyl (C=O) groups excluding carboxylic acids is 1. The Hall–Kier alpha value is -1.29. The molecule has 5 unspecified atom stereocenters. The predicted molar refractivity (Wildman–Crippen MR) is 102 cm³/mol. The summed E-state index contributed by atoms with van der Waals surface area (Å²) in [6, 6.07) is 9.22. The second-order valence-corrected chi connectivity index (χ2v) is 9.55. The number of nitrogens with zero attached hydrogens (tertiary/aromatic N) is 2. The zero-order chi connectivity index (χ0) is 17.3. The Balaban J connectivity index is 1.39. The van der Waals surface area contributed by atoms with Gasteiger partial charge in [-0.05, 0) is 75.2 Å². The Morgan fingerprint density at radius 1 is 1.04 bits per heavy atom. The van der Waals surface area contributed by atoms with Gasteiger partial charge in [0.05, 0.1) is 6.04 Å². The van der Waals surface area contributed by atoms with E-state index in [1.54, 1.807) is 0 Å². The normalized spacial score (nSPS) is 38.9. The van der Waals surface area contributed by atoms with Crippen LogP contribution in [0.15, 0.2) is 24.3 Å². The Bertz CT molecular complexity index is 700. The van der Waals surface area contributed by atoms with Crippen LogP contribution in [0.1, 0.15) is 51.5 Å². The molecule has 4 heteroatoms. The van der Waals surface area contributed by atoms with E-state index in [9.17, 15) is 4.79 Å². The number of amides is 1. The number of rotatable bonds is 3. The lowest BCUT2D eigenvalue weighted by Crippen LogP contribution is -2.77. The third-order valence-electron chi connectivity index (χ3n) is 7.78. The van der Waals surface area contributed by atoms with E-state index in [4.69, 9.17) is 0 Å². The first-order chi connectivity index (χ1) is 11.9. The van der Waals surface area contributed by atoms with Crippen LogP contribution in [0.3, 0.4) is 0 Å². The molecule has 5 rings (SSSR count). The molecule has 0 spiro atoms. The van der Waals surface area contributed by atoms with E-state index < -0.39 is 0 Å². The third-order valence-corrected chi connectivity index (χ3v) is 7.78. The van der Waals surface area contributed by atoms with Crippen molar-refractivity contribution in [2.75, 3.05) is 0 Å². The Morgan fingerprint density at radius 2 is 1.76 bits per heavy atom. The SMILES string of the molecule is Bc1ccc(CN2N(C3CCC4CC5CC3CC45)C(=O)C2(C)C)cc1. The average molecular weight is 336 g/mol. The minimum atomic E-state index is -0.363. The third kappa shape index (κ3) is 2.26. The van der Waals surface area contributed by atoms with Gasteiger partial charge in [-0.3, -0.25) is 9.80 Å². The van der Waals surface area contributed by atoms with Crippen LogP contribution in [0.4, 0.5) is 0 Å². The van der Waals surface area contributed by atoms with Crippen LogP contribution < -0.4 is 5.46 Å². The molecule has 2 bridgehead atoms. The van der Waals surface area contributed by atoms with Gasteiger partial charge in [0.15, 0.2) is 0 Å². The summed E-state index contributed by atoms with van der Waals surface area (Å²) in [6.07, 6.45) is 6.77. The molecule has 4 aliphatic rings.